The van der Waals surface area contributed by atoms with Crippen molar-refractivity contribution in [3.8, 4) is 11.5 Å². The van der Waals surface area contributed by atoms with Gasteiger partial charge in [-0.25, -0.2) is 9.97 Å². The molecule has 0 saturated heterocycles. The van der Waals surface area contributed by atoms with Crippen LogP contribution < -0.4 is 0 Å². The van der Waals surface area contributed by atoms with Gasteiger partial charge in [0, 0.05) is 5.56 Å². The van der Waals surface area contributed by atoms with Gasteiger partial charge in [-0.05, 0) is 48.4 Å². The normalized spacial score (nSPS) is 11.1. The van der Waals surface area contributed by atoms with Gasteiger partial charge in [-0.1, -0.05) is 84.4 Å². The Morgan fingerprint density at radius 2 is 1.42 bits per heavy atom. The minimum Gasteiger partial charge on any atom is -0.443 e. The van der Waals surface area contributed by atoms with Crippen molar-refractivity contribution >= 4 is 34.4 Å². The van der Waals surface area contributed by atoms with Crippen LogP contribution in [0.25, 0.3) is 45.8 Å². The molecule has 0 saturated carbocycles. The fourth-order valence-corrected chi connectivity index (χ4v) is 3.56. The zero-order valence-electron chi connectivity index (χ0n) is 18.2. The van der Waals surface area contributed by atoms with Crippen LogP contribution in [0.2, 0.25) is 0 Å². The van der Waals surface area contributed by atoms with Gasteiger partial charge in [0.05, 0.1) is 0 Å². The third-order valence-electron chi connectivity index (χ3n) is 5.22. The summed E-state index contributed by atoms with van der Waals surface area (Å²) in [5.74, 6) is 0.656. The zero-order chi connectivity index (χ0) is 22.5. The highest BCUT2D eigenvalue weighted by atomic mass is 16.3. The molecule has 2 heterocycles. The van der Waals surface area contributed by atoms with Crippen LogP contribution in [0.1, 0.15) is 16.7 Å². The number of oxazole rings is 2. The van der Waals surface area contributed by atoms with Gasteiger partial charge in [0.2, 0.25) is 5.89 Å². The number of benzene rings is 4. The zero-order valence-corrected chi connectivity index (χ0v) is 18.2. The second kappa shape index (κ2) is 9.37. The lowest BCUT2D eigenvalue weighted by Gasteiger charge is -2.04. The van der Waals surface area contributed by atoms with Crippen LogP contribution in [-0.2, 0) is 0 Å². The quantitative estimate of drug-likeness (QED) is 0.269. The fourth-order valence-electron chi connectivity index (χ4n) is 3.56. The van der Waals surface area contributed by atoms with Crippen LogP contribution in [0, 0.1) is 6.92 Å². The second-order valence-corrected chi connectivity index (χ2v) is 7.64. The summed E-state index contributed by atoms with van der Waals surface area (Å²) in [7, 11) is 0. The fraction of sp³-hybridized carbons (Fsp3) is 0.0345. The Morgan fingerprint density at radius 1 is 0.697 bits per heavy atom. The number of hydrogen-bond acceptors (Lipinski definition) is 4. The summed E-state index contributed by atoms with van der Waals surface area (Å²) in [6.45, 7) is 2.09. The van der Waals surface area contributed by atoms with Gasteiger partial charge in [0.15, 0.2) is 17.6 Å². The predicted octanol–water partition coefficient (Wildman–Crippen LogP) is 7.80. The summed E-state index contributed by atoms with van der Waals surface area (Å²) >= 11 is 0. The topological polar surface area (TPSA) is 52.1 Å². The Kier molecular flexibility index (Phi) is 5.81. The van der Waals surface area contributed by atoms with Gasteiger partial charge in [0.25, 0.3) is 0 Å². The third kappa shape index (κ3) is 4.75. The van der Waals surface area contributed by atoms with Crippen LogP contribution in [0.5, 0.6) is 0 Å². The van der Waals surface area contributed by atoms with E-state index >= 15 is 0 Å². The molecular weight excluding hydrogens is 408 g/mol. The number of fused-ring (bicyclic) bond motifs is 2. The van der Waals surface area contributed by atoms with Crippen molar-refractivity contribution in [1.29, 1.82) is 0 Å². The molecule has 0 aliphatic rings. The van der Waals surface area contributed by atoms with Crippen LogP contribution in [0.15, 0.2) is 112 Å². The molecule has 0 N–H and O–H groups in total. The molecule has 4 aromatic carbocycles. The molecule has 4 heteroatoms. The SMILES string of the molecule is Cc1ccc(-c2nc3ccccc3o2)c(C=Cc2ccccc2)c1.c1ccc2ocnc2c1. The van der Waals surface area contributed by atoms with Crippen LogP contribution in [0.3, 0.4) is 0 Å². The van der Waals surface area contributed by atoms with E-state index in [-0.39, 0.29) is 0 Å². The smallest absolute Gasteiger partial charge is 0.227 e. The van der Waals surface area contributed by atoms with E-state index in [2.05, 4.69) is 59.4 Å². The van der Waals surface area contributed by atoms with E-state index in [1.807, 2.05) is 66.7 Å². The maximum Gasteiger partial charge on any atom is 0.227 e. The summed E-state index contributed by atoms with van der Waals surface area (Å²) in [5, 5.41) is 0. The highest BCUT2D eigenvalue weighted by Gasteiger charge is 2.11. The molecule has 6 aromatic rings. The van der Waals surface area contributed by atoms with Gasteiger partial charge in [0.1, 0.15) is 11.0 Å². The average molecular weight is 431 g/mol. The molecule has 0 unspecified atom stereocenters. The number of nitrogens with zero attached hydrogens (tertiary/aromatic N) is 2. The van der Waals surface area contributed by atoms with Gasteiger partial charge in [-0.15, -0.1) is 0 Å². The van der Waals surface area contributed by atoms with E-state index in [9.17, 15) is 0 Å². The van der Waals surface area contributed by atoms with Crippen molar-refractivity contribution < 1.29 is 8.83 Å². The van der Waals surface area contributed by atoms with Gasteiger partial charge in [-0.2, -0.15) is 0 Å². The summed E-state index contributed by atoms with van der Waals surface area (Å²) in [6.07, 6.45) is 5.68. The monoisotopic (exact) mass is 430 g/mol. The van der Waals surface area contributed by atoms with Crippen molar-refractivity contribution in [3.63, 3.8) is 0 Å². The molecule has 0 atom stereocenters. The van der Waals surface area contributed by atoms with Crippen LogP contribution >= 0.6 is 0 Å². The number of rotatable bonds is 3. The molecule has 33 heavy (non-hydrogen) atoms. The van der Waals surface area contributed by atoms with E-state index < -0.39 is 0 Å². The first-order valence-corrected chi connectivity index (χ1v) is 10.7. The van der Waals surface area contributed by atoms with Crippen molar-refractivity contribution in [2.24, 2.45) is 0 Å². The Labute approximate surface area is 191 Å². The Bertz CT molecular complexity index is 1460. The molecule has 4 nitrogen and oxygen atoms in total. The van der Waals surface area contributed by atoms with Crippen molar-refractivity contribution in [2.45, 2.75) is 6.92 Å². The molecular formula is C29H22N2O2. The number of aryl methyl sites for hydroxylation is 1. The maximum atomic E-state index is 5.94. The van der Waals surface area contributed by atoms with E-state index in [1.54, 1.807) is 0 Å². The molecule has 0 aliphatic heterocycles. The van der Waals surface area contributed by atoms with Gasteiger partial charge in [-0.3, -0.25) is 0 Å². The molecule has 6 rings (SSSR count). The first kappa shape index (κ1) is 20.5. The molecule has 0 amide bonds. The largest absolute Gasteiger partial charge is 0.443 e. The molecule has 0 fully saturated rings. The summed E-state index contributed by atoms with van der Waals surface area (Å²) in [6, 6.07) is 32.1. The molecule has 2 aromatic heterocycles. The van der Waals surface area contributed by atoms with Gasteiger partial charge >= 0.3 is 0 Å². The van der Waals surface area contributed by atoms with E-state index in [0.29, 0.717) is 5.89 Å². The maximum absolute atomic E-state index is 5.94. The third-order valence-corrected chi connectivity index (χ3v) is 5.22. The van der Waals surface area contributed by atoms with Gasteiger partial charge < -0.3 is 8.83 Å². The minimum atomic E-state index is 0.656. The van der Waals surface area contributed by atoms with Crippen molar-refractivity contribution in [3.05, 3.63) is 120 Å². The Morgan fingerprint density at radius 3 is 2.21 bits per heavy atom. The minimum absolute atomic E-state index is 0.656. The first-order chi connectivity index (χ1) is 16.3. The summed E-state index contributed by atoms with van der Waals surface area (Å²) in [4.78, 5) is 8.58. The standard InChI is InChI=1S/C22H17NO.C7H5NO/c1-16-11-14-19(22-23-20-9-5-6-10-21(20)24-22)18(15-16)13-12-17-7-3-2-4-8-17;1-2-4-7-6(3-1)8-5-9-7/h2-15H,1H3;1-5H. The first-order valence-electron chi connectivity index (χ1n) is 10.7. The van der Waals surface area contributed by atoms with E-state index in [4.69, 9.17) is 8.83 Å². The highest BCUT2D eigenvalue weighted by molar-refractivity contribution is 5.82. The van der Waals surface area contributed by atoms with Crippen LogP contribution in [0.4, 0.5) is 0 Å². The number of hydrogen-bond donors (Lipinski definition) is 0. The second-order valence-electron chi connectivity index (χ2n) is 7.64. The molecule has 0 bridgehead atoms. The summed E-state index contributed by atoms with van der Waals surface area (Å²) in [5.41, 5.74) is 7.94. The molecule has 160 valence electrons. The lowest BCUT2D eigenvalue weighted by atomic mass is 10.0. The highest BCUT2D eigenvalue weighted by Crippen LogP contribution is 2.29. The molecule has 0 radical (unpaired) electrons. The van der Waals surface area contributed by atoms with Crippen LogP contribution in [-0.4, -0.2) is 9.97 Å². The lowest BCUT2D eigenvalue weighted by molar-refractivity contribution is 0.602. The number of para-hydroxylation sites is 4. The van der Waals surface area contributed by atoms with E-state index in [0.717, 1.165) is 33.3 Å². The summed E-state index contributed by atoms with van der Waals surface area (Å²) < 4.78 is 10.9. The average Bonchev–Trinajstić information content (AvgIpc) is 3.51. The Balaban J connectivity index is 0.000000211. The lowest BCUT2D eigenvalue weighted by Crippen LogP contribution is -1.85. The van der Waals surface area contributed by atoms with E-state index in [1.165, 1.54) is 17.5 Å². The van der Waals surface area contributed by atoms with Crippen molar-refractivity contribution in [2.75, 3.05) is 0 Å². The molecule has 0 spiro atoms. The van der Waals surface area contributed by atoms with Crippen molar-refractivity contribution in [1.82, 2.24) is 9.97 Å². The predicted molar refractivity (Wildman–Crippen MR) is 134 cm³/mol. The Hall–Kier alpha value is -4.44. The number of aromatic nitrogens is 2. The molecule has 0 aliphatic carbocycles.